The summed E-state index contributed by atoms with van der Waals surface area (Å²) in [5.41, 5.74) is 0. The molecule has 0 saturated carbocycles. The van der Waals surface area contributed by atoms with Crippen LogP contribution in [0.5, 0.6) is 0 Å². The van der Waals surface area contributed by atoms with Crippen molar-refractivity contribution in [3.05, 3.63) is 0 Å². The standard InChI is InChI=1S/3Co.H3O4P/c;;;1-5(2,3)4/h;;;(H3,1,2,3,4)/p-3. The second-order valence-corrected chi connectivity index (χ2v) is 1.34. The van der Waals surface area contributed by atoms with Gasteiger partial charge in [0.05, 0.1) is 0 Å². The molecule has 3 radical (unpaired) electrons. The van der Waals surface area contributed by atoms with Gasteiger partial charge in [-0.05, 0) is 0 Å². The van der Waals surface area contributed by atoms with Gasteiger partial charge < -0.3 is 19.2 Å². The molecule has 0 aliphatic carbocycles. The number of phosphoric acid groups is 1. The van der Waals surface area contributed by atoms with Crippen LogP contribution in [0.4, 0.5) is 0 Å². The van der Waals surface area contributed by atoms with Crippen LogP contribution in [0.15, 0.2) is 0 Å². The van der Waals surface area contributed by atoms with Crippen molar-refractivity contribution in [3.63, 3.8) is 0 Å². The Hall–Kier alpha value is 1.63. The maximum absolute atomic E-state index is 8.55. The minimum absolute atomic E-state index is 0. The maximum atomic E-state index is 8.55. The average Bonchev–Trinajstić information content (AvgIpc) is 0.722. The van der Waals surface area contributed by atoms with Crippen LogP contribution >= 0.6 is 7.82 Å². The Kier molecular flexibility index (Phi) is 24.4. The maximum Gasteiger partial charge on any atom is 0 e. The van der Waals surface area contributed by atoms with Crippen LogP contribution < -0.4 is 14.7 Å². The van der Waals surface area contributed by atoms with Crippen LogP contribution in [-0.4, -0.2) is 0 Å². The van der Waals surface area contributed by atoms with E-state index in [0.29, 0.717) is 0 Å². The fourth-order valence-corrected chi connectivity index (χ4v) is 0. The molecule has 0 saturated heterocycles. The SMILES string of the molecule is O=P([O-])([O-])[O-].[Co].[Co].[Co]. The molecule has 0 amide bonds. The Morgan fingerprint density at radius 1 is 0.875 bits per heavy atom. The Bertz CT molecular complexity index is 57.4. The fourth-order valence-electron chi connectivity index (χ4n) is 0. The van der Waals surface area contributed by atoms with Gasteiger partial charge in [-0.2, -0.15) is 7.82 Å². The summed E-state index contributed by atoms with van der Waals surface area (Å²) in [6.45, 7) is 0. The van der Waals surface area contributed by atoms with E-state index < -0.39 is 7.82 Å². The summed E-state index contributed by atoms with van der Waals surface area (Å²) in [5, 5.41) is 0. The van der Waals surface area contributed by atoms with Crippen LogP contribution in [0.1, 0.15) is 0 Å². The van der Waals surface area contributed by atoms with Gasteiger partial charge in [-0.3, -0.25) is 0 Å². The molecule has 8 heavy (non-hydrogen) atoms. The summed E-state index contributed by atoms with van der Waals surface area (Å²) < 4.78 is 8.55. The van der Waals surface area contributed by atoms with Crippen LogP contribution in [-0.2, 0) is 54.9 Å². The van der Waals surface area contributed by atoms with Crippen molar-refractivity contribution < 1.29 is 69.6 Å². The van der Waals surface area contributed by atoms with E-state index in [1.165, 1.54) is 0 Å². The van der Waals surface area contributed by atoms with E-state index in [9.17, 15) is 0 Å². The van der Waals surface area contributed by atoms with E-state index in [0.717, 1.165) is 0 Å². The zero-order chi connectivity index (χ0) is 4.50. The molecule has 0 aromatic rings. The van der Waals surface area contributed by atoms with E-state index >= 15 is 0 Å². The molecule has 59 valence electrons. The van der Waals surface area contributed by atoms with Crippen molar-refractivity contribution >= 4 is 7.82 Å². The second kappa shape index (κ2) is 8.63. The fraction of sp³-hybridized carbons (Fsp3) is 0. The quantitative estimate of drug-likeness (QED) is 0.445. The molecule has 0 fully saturated rings. The van der Waals surface area contributed by atoms with Gasteiger partial charge in [-0.15, -0.1) is 0 Å². The predicted octanol–water partition coefficient (Wildman–Crippen LogP) is -2.83. The van der Waals surface area contributed by atoms with E-state index in [4.69, 9.17) is 19.2 Å². The molecule has 0 unspecified atom stereocenters. The van der Waals surface area contributed by atoms with Crippen molar-refractivity contribution in [2.24, 2.45) is 0 Å². The van der Waals surface area contributed by atoms with Gasteiger partial charge in [0.2, 0.25) is 0 Å². The van der Waals surface area contributed by atoms with Crippen molar-refractivity contribution in [2.75, 3.05) is 0 Å². The monoisotopic (exact) mass is 272 g/mol. The van der Waals surface area contributed by atoms with Crippen LogP contribution in [0.3, 0.4) is 0 Å². The van der Waals surface area contributed by atoms with Gasteiger partial charge in [0.25, 0.3) is 0 Å². The zero-order valence-electron chi connectivity index (χ0n) is 3.08. The Morgan fingerprint density at radius 3 is 0.875 bits per heavy atom. The predicted molar refractivity (Wildman–Crippen MR) is 7.61 cm³/mol. The molecule has 0 aromatic carbocycles. The molecule has 4 nitrogen and oxygen atoms in total. The van der Waals surface area contributed by atoms with Crippen molar-refractivity contribution in [1.29, 1.82) is 0 Å². The van der Waals surface area contributed by atoms with Gasteiger partial charge in [0.1, 0.15) is 0 Å². The smallest absolute Gasteiger partial charge is 0 e. The molecule has 0 rings (SSSR count). The zero-order valence-corrected chi connectivity index (χ0v) is 7.10. The molecule has 0 heterocycles. The van der Waals surface area contributed by atoms with E-state index in [-0.39, 0.29) is 50.3 Å². The van der Waals surface area contributed by atoms with Gasteiger partial charge in [-0.25, -0.2) is 0 Å². The Morgan fingerprint density at radius 2 is 0.875 bits per heavy atom. The van der Waals surface area contributed by atoms with E-state index in [2.05, 4.69) is 0 Å². The van der Waals surface area contributed by atoms with Crippen molar-refractivity contribution in [3.8, 4) is 0 Å². The minimum atomic E-state index is -5.39. The van der Waals surface area contributed by atoms with Crippen LogP contribution in [0.2, 0.25) is 0 Å². The molecule has 0 aromatic heterocycles. The van der Waals surface area contributed by atoms with Gasteiger partial charge in [0.15, 0.2) is 0 Å². The molecule has 8 heteroatoms. The average molecular weight is 272 g/mol. The molecule has 0 spiro atoms. The first-order chi connectivity index (χ1) is 2.00. The first-order valence-electron chi connectivity index (χ1n) is 0.730. The molecule has 0 atom stereocenters. The molecular weight excluding hydrogens is 272 g/mol. The summed E-state index contributed by atoms with van der Waals surface area (Å²) in [5.74, 6) is 0. The Labute approximate surface area is 77.3 Å². The first kappa shape index (κ1) is 22.6. The largest absolute Gasteiger partial charge is 0.822 e. The first-order valence-corrected chi connectivity index (χ1v) is 2.19. The molecular formula is Co3O4P-3. The number of hydrogen-bond donors (Lipinski definition) is 0. The van der Waals surface area contributed by atoms with Crippen molar-refractivity contribution in [1.82, 2.24) is 0 Å². The number of rotatable bonds is 0. The van der Waals surface area contributed by atoms with Gasteiger partial charge in [0, 0.05) is 50.3 Å². The summed E-state index contributed by atoms with van der Waals surface area (Å²) in [4.78, 5) is 25.6. The third-order valence-corrected chi connectivity index (χ3v) is 0. The topological polar surface area (TPSA) is 86.2 Å². The van der Waals surface area contributed by atoms with Gasteiger partial charge >= 0.3 is 0 Å². The van der Waals surface area contributed by atoms with Crippen molar-refractivity contribution in [2.45, 2.75) is 0 Å². The molecule has 0 N–H and O–H groups in total. The van der Waals surface area contributed by atoms with Crippen LogP contribution in [0, 0.1) is 0 Å². The summed E-state index contributed by atoms with van der Waals surface area (Å²) in [6, 6.07) is 0. The van der Waals surface area contributed by atoms with Crippen LogP contribution in [0.25, 0.3) is 0 Å². The molecule has 0 aliphatic rings. The summed E-state index contributed by atoms with van der Waals surface area (Å²) in [7, 11) is -5.39. The Balaban J connectivity index is -0.0000000267. The minimum Gasteiger partial charge on any atom is -0.822 e. The number of hydrogen-bond acceptors (Lipinski definition) is 4. The molecule has 0 aliphatic heterocycles. The van der Waals surface area contributed by atoms with E-state index in [1.807, 2.05) is 0 Å². The third kappa shape index (κ3) is 126. The second-order valence-electron chi connectivity index (χ2n) is 0.447. The summed E-state index contributed by atoms with van der Waals surface area (Å²) >= 11 is 0. The normalized spacial score (nSPS) is 7.38. The van der Waals surface area contributed by atoms with Gasteiger partial charge in [-0.1, -0.05) is 0 Å². The third-order valence-electron chi connectivity index (χ3n) is 0. The summed E-state index contributed by atoms with van der Waals surface area (Å²) in [6.07, 6.45) is 0. The molecule has 0 bridgehead atoms. The van der Waals surface area contributed by atoms with E-state index in [1.54, 1.807) is 0 Å².